The molecule has 0 aromatic heterocycles. The molecule has 1 amide bonds. The van der Waals surface area contributed by atoms with Crippen molar-refractivity contribution < 1.29 is 22.4 Å². The van der Waals surface area contributed by atoms with Gasteiger partial charge < -0.3 is 11.1 Å². The molecule has 16 heavy (non-hydrogen) atoms. The van der Waals surface area contributed by atoms with Crippen LogP contribution in [0.25, 0.3) is 0 Å². The van der Waals surface area contributed by atoms with Crippen molar-refractivity contribution in [2.45, 2.75) is 13.1 Å². The second kappa shape index (κ2) is 3.99. The molecule has 0 aliphatic heterocycles. The molecule has 1 aromatic carbocycles. The normalized spacial score (nSPS) is 11.3. The Balaban J connectivity index is 3.07. The number of nitrogen functional groups attached to an aromatic ring is 1. The fraction of sp³-hybridized carbons (Fsp3) is 0.222. The first kappa shape index (κ1) is 12.3. The van der Waals surface area contributed by atoms with Gasteiger partial charge in [-0.1, -0.05) is 0 Å². The summed E-state index contributed by atoms with van der Waals surface area (Å²) in [4.78, 5) is 10.6. The summed E-state index contributed by atoms with van der Waals surface area (Å²) in [5.41, 5.74) is 4.97. The van der Waals surface area contributed by atoms with Crippen LogP contribution < -0.4 is 11.1 Å². The van der Waals surface area contributed by atoms with Gasteiger partial charge in [0.15, 0.2) is 0 Å². The largest absolute Gasteiger partial charge is 0.471 e. The van der Waals surface area contributed by atoms with Gasteiger partial charge in [0.25, 0.3) is 0 Å². The van der Waals surface area contributed by atoms with Gasteiger partial charge in [0.05, 0.1) is 5.69 Å². The van der Waals surface area contributed by atoms with Gasteiger partial charge in [-0.15, -0.1) is 0 Å². The lowest BCUT2D eigenvalue weighted by atomic mass is 10.1. The minimum absolute atomic E-state index is 0.0533. The van der Waals surface area contributed by atoms with Crippen LogP contribution in [0.3, 0.4) is 0 Å². The molecule has 0 aliphatic carbocycles. The third-order valence-electron chi connectivity index (χ3n) is 1.95. The molecule has 7 heteroatoms. The number of rotatable bonds is 1. The van der Waals surface area contributed by atoms with E-state index >= 15 is 0 Å². The number of amides is 1. The fourth-order valence-corrected chi connectivity index (χ4v) is 1.03. The highest BCUT2D eigenvalue weighted by atomic mass is 19.4. The number of benzene rings is 1. The van der Waals surface area contributed by atoms with Crippen molar-refractivity contribution in [1.82, 2.24) is 0 Å². The van der Waals surface area contributed by atoms with E-state index in [9.17, 15) is 22.4 Å². The van der Waals surface area contributed by atoms with Gasteiger partial charge in [0.1, 0.15) is 5.82 Å². The summed E-state index contributed by atoms with van der Waals surface area (Å²) in [6.07, 6.45) is -5.07. The Kier molecular flexibility index (Phi) is 3.06. The quantitative estimate of drug-likeness (QED) is 0.580. The lowest BCUT2D eigenvalue weighted by Crippen LogP contribution is -2.30. The molecule has 0 aliphatic rings. The molecule has 0 heterocycles. The first-order chi connectivity index (χ1) is 7.23. The molecule has 0 bridgehead atoms. The van der Waals surface area contributed by atoms with E-state index in [1.54, 1.807) is 0 Å². The molecular formula is C9H8F4N2O. The first-order valence-corrected chi connectivity index (χ1v) is 4.16. The van der Waals surface area contributed by atoms with Gasteiger partial charge in [-0.2, -0.15) is 13.2 Å². The maximum Gasteiger partial charge on any atom is 0.471 e. The molecule has 0 radical (unpaired) electrons. The van der Waals surface area contributed by atoms with Gasteiger partial charge in [-0.05, 0) is 24.6 Å². The van der Waals surface area contributed by atoms with E-state index in [0.29, 0.717) is 0 Å². The van der Waals surface area contributed by atoms with E-state index < -0.39 is 23.6 Å². The van der Waals surface area contributed by atoms with Gasteiger partial charge in [0, 0.05) is 5.69 Å². The van der Waals surface area contributed by atoms with Crippen molar-refractivity contribution >= 4 is 17.3 Å². The van der Waals surface area contributed by atoms with Crippen LogP contribution in [-0.4, -0.2) is 12.1 Å². The maximum absolute atomic E-state index is 13.1. The third kappa shape index (κ3) is 2.41. The summed E-state index contributed by atoms with van der Waals surface area (Å²) in [6.45, 7) is 1.31. The Morgan fingerprint density at radius 2 is 1.94 bits per heavy atom. The van der Waals surface area contributed by atoms with Crippen molar-refractivity contribution in [2.24, 2.45) is 0 Å². The zero-order chi connectivity index (χ0) is 12.5. The molecular weight excluding hydrogens is 228 g/mol. The lowest BCUT2D eigenvalue weighted by molar-refractivity contribution is -0.167. The van der Waals surface area contributed by atoms with E-state index in [-0.39, 0.29) is 11.3 Å². The highest BCUT2D eigenvalue weighted by molar-refractivity contribution is 5.96. The average molecular weight is 236 g/mol. The predicted octanol–water partition coefficient (Wildman–Crippen LogP) is 2.22. The van der Waals surface area contributed by atoms with Crippen LogP contribution in [0, 0.1) is 12.7 Å². The van der Waals surface area contributed by atoms with E-state index in [0.717, 1.165) is 6.07 Å². The summed E-state index contributed by atoms with van der Waals surface area (Å²) < 4.78 is 48.9. The molecule has 0 unspecified atom stereocenters. The van der Waals surface area contributed by atoms with E-state index in [1.807, 2.05) is 0 Å². The maximum atomic E-state index is 13.1. The van der Waals surface area contributed by atoms with Crippen molar-refractivity contribution in [2.75, 3.05) is 11.1 Å². The summed E-state index contributed by atoms with van der Waals surface area (Å²) in [5.74, 6) is -3.20. The lowest BCUT2D eigenvalue weighted by Gasteiger charge is -2.12. The molecule has 1 rings (SSSR count). The smallest absolute Gasteiger partial charge is 0.398 e. The molecule has 1 aromatic rings. The van der Waals surface area contributed by atoms with Crippen LogP contribution in [0.15, 0.2) is 12.1 Å². The van der Waals surface area contributed by atoms with Gasteiger partial charge in [0.2, 0.25) is 0 Å². The molecule has 3 nitrogen and oxygen atoms in total. The Morgan fingerprint density at radius 1 is 1.38 bits per heavy atom. The molecule has 88 valence electrons. The van der Waals surface area contributed by atoms with Crippen molar-refractivity contribution in [3.63, 3.8) is 0 Å². The van der Waals surface area contributed by atoms with Crippen LogP contribution >= 0.6 is 0 Å². The number of carbonyl (C=O) groups is 1. The third-order valence-corrected chi connectivity index (χ3v) is 1.95. The fourth-order valence-electron chi connectivity index (χ4n) is 1.03. The summed E-state index contributed by atoms with van der Waals surface area (Å²) in [7, 11) is 0. The molecule has 0 atom stereocenters. The minimum Gasteiger partial charge on any atom is -0.398 e. The summed E-state index contributed by atoms with van der Waals surface area (Å²) in [5, 5.41) is 1.44. The molecule has 0 saturated carbocycles. The highest BCUT2D eigenvalue weighted by Gasteiger charge is 2.39. The zero-order valence-electron chi connectivity index (χ0n) is 8.15. The van der Waals surface area contributed by atoms with E-state index in [1.165, 1.54) is 18.3 Å². The number of hydrogen-bond acceptors (Lipinski definition) is 2. The SMILES string of the molecule is Cc1c(N)ccc(F)c1NC(=O)C(F)(F)F. The van der Waals surface area contributed by atoms with Gasteiger partial charge >= 0.3 is 12.1 Å². The van der Waals surface area contributed by atoms with Crippen LogP contribution in [0.2, 0.25) is 0 Å². The van der Waals surface area contributed by atoms with Crippen molar-refractivity contribution in [3.8, 4) is 0 Å². The standard InChI is InChI=1S/C9H8F4N2O/c1-4-6(14)3-2-5(10)7(4)15-8(16)9(11,12)13/h2-3H,14H2,1H3,(H,15,16). The van der Waals surface area contributed by atoms with Crippen LogP contribution in [0.1, 0.15) is 5.56 Å². The average Bonchev–Trinajstić information content (AvgIpc) is 2.17. The zero-order valence-corrected chi connectivity index (χ0v) is 8.15. The predicted molar refractivity (Wildman–Crippen MR) is 50.2 cm³/mol. The van der Waals surface area contributed by atoms with Crippen LogP contribution in [-0.2, 0) is 4.79 Å². The first-order valence-electron chi connectivity index (χ1n) is 4.16. The number of nitrogens with two attached hydrogens (primary N) is 1. The topological polar surface area (TPSA) is 55.1 Å². The summed E-state index contributed by atoms with van der Waals surface area (Å²) >= 11 is 0. The number of halogens is 4. The molecule has 0 spiro atoms. The Bertz CT molecular complexity index is 428. The number of carbonyl (C=O) groups excluding carboxylic acids is 1. The molecule has 0 fully saturated rings. The Hall–Kier alpha value is -1.79. The van der Waals surface area contributed by atoms with E-state index in [2.05, 4.69) is 0 Å². The second-order valence-electron chi connectivity index (χ2n) is 3.09. The second-order valence-corrected chi connectivity index (χ2v) is 3.09. The minimum atomic E-state index is -5.07. The van der Waals surface area contributed by atoms with Gasteiger partial charge in [-0.25, -0.2) is 4.39 Å². The summed E-state index contributed by atoms with van der Waals surface area (Å²) in [6, 6.07) is 2.09. The Labute approximate surface area is 88.2 Å². The number of hydrogen-bond donors (Lipinski definition) is 2. The van der Waals surface area contributed by atoms with Crippen molar-refractivity contribution in [1.29, 1.82) is 0 Å². The van der Waals surface area contributed by atoms with E-state index in [4.69, 9.17) is 5.73 Å². The van der Waals surface area contributed by atoms with Crippen LogP contribution in [0.4, 0.5) is 28.9 Å². The van der Waals surface area contributed by atoms with Gasteiger partial charge in [-0.3, -0.25) is 4.79 Å². The number of alkyl halides is 3. The monoisotopic (exact) mass is 236 g/mol. The molecule has 3 N–H and O–H groups in total. The van der Waals surface area contributed by atoms with Crippen LogP contribution in [0.5, 0.6) is 0 Å². The number of anilines is 2. The number of nitrogens with one attached hydrogen (secondary N) is 1. The molecule has 0 saturated heterocycles. The Morgan fingerprint density at radius 3 is 2.44 bits per heavy atom. The van der Waals surface area contributed by atoms with Crippen molar-refractivity contribution in [3.05, 3.63) is 23.5 Å². The highest BCUT2D eigenvalue weighted by Crippen LogP contribution is 2.26.